The minimum absolute atomic E-state index is 0.830. The van der Waals surface area contributed by atoms with E-state index in [9.17, 15) is 0 Å². The summed E-state index contributed by atoms with van der Waals surface area (Å²) < 4.78 is 7.99. The molecule has 2 rings (SSSR count). The molecule has 1 N–H and O–H groups in total. The van der Waals surface area contributed by atoms with E-state index in [1.165, 1.54) is 9.13 Å². The molecule has 2 aromatic carbocycles. The molecule has 0 aliphatic rings. The van der Waals surface area contributed by atoms with Gasteiger partial charge in [-0.15, -0.1) is 0 Å². The Morgan fingerprint density at radius 3 is 2.50 bits per heavy atom. The van der Waals surface area contributed by atoms with Crippen LogP contribution in [0.2, 0.25) is 0 Å². The Kier molecular flexibility index (Phi) is 5.03. The Morgan fingerprint density at radius 2 is 1.89 bits per heavy atom. The summed E-state index contributed by atoms with van der Waals surface area (Å²) in [6.45, 7) is 0.850. The number of nitrogens with one attached hydrogen (secondary N) is 1. The van der Waals surface area contributed by atoms with E-state index in [1.807, 2.05) is 37.4 Å². The average molecular weight is 418 g/mol. The molecule has 0 fully saturated rings. The summed E-state index contributed by atoms with van der Waals surface area (Å²) in [5.74, 6) is 1.67. The topological polar surface area (TPSA) is 21.3 Å². The monoisotopic (exact) mass is 417 g/mol. The van der Waals surface area contributed by atoms with E-state index >= 15 is 0 Å². The molecule has 0 aliphatic heterocycles. The van der Waals surface area contributed by atoms with E-state index in [2.05, 4.69) is 56.0 Å². The van der Waals surface area contributed by atoms with Crippen molar-refractivity contribution >= 4 is 38.5 Å². The molecule has 0 atom stereocenters. The lowest BCUT2D eigenvalue weighted by atomic mass is 10.2. The van der Waals surface area contributed by atoms with Crippen molar-refractivity contribution in [1.29, 1.82) is 0 Å². The largest absolute Gasteiger partial charge is 0.456 e. The average Bonchev–Trinajstić information content (AvgIpc) is 2.36. The molecule has 0 amide bonds. The van der Waals surface area contributed by atoms with Gasteiger partial charge in [0.05, 0.1) is 4.47 Å². The standard InChI is InChI=1S/C14H13BrINO/c1-17-9-10-2-7-14(13(15)8-10)18-12-5-3-11(16)4-6-12/h2-8,17H,9H2,1H3. The van der Waals surface area contributed by atoms with Crippen LogP contribution in [-0.4, -0.2) is 7.05 Å². The van der Waals surface area contributed by atoms with Crippen LogP contribution in [0.5, 0.6) is 11.5 Å². The molecule has 0 spiro atoms. The van der Waals surface area contributed by atoms with E-state index in [0.717, 1.165) is 22.5 Å². The van der Waals surface area contributed by atoms with Crippen molar-refractivity contribution in [1.82, 2.24) is 5.32 Å². The van der Waals surface area contributed by atoms with Gasteiger partial charge in [0.1, 0.15) is 11.5 Å². The maximum Gasteiger partial charge on any atom is 0.141 e. The second-order valence-electron chi connectivity index (χ2n) is 3.85. The van der Waals surface area contributed by atoms with Crippen LogP contribution in [0.4, 0.5) is 0 Å². The van der Waals surface area contributed by atoms with Gasteiger partial charge in [0.15, 0.2) is 0 Å². The zero-order chi connectivity index (χ0) is 13.0. The summed E-state index contributed by atoms with van der Waals surface area (Å²) in [4.78, 5) is 0. The zero-order valence-corrected chi connectivity index (χ0v) is 13.7. The third kappa shape index (κ3) is 3.70. The molecule has 18 heavy (non-hydrogen) atoms. The third-order valence-corrected chi connectivity index (χ3v) is 3.76. The van der Waals surface area contributed by atoms with Crippen LogP contribution in [-0.2, 0) is 6.54 Å². The van der Waals surface area contributed by atoms with Crippen molar-refractivity contribution in [3.05, 3.63) is 56.1 Å². The lowest BCUT2D eigenvalue weighted by molar-refractivity contribution is 0.479. The molecule has 2 nitrogen and oxygen atoms in total. The first-order valence-corrected chi connectivity index (χ1v) is 7.42. The van der Waals surface area contributed by atoms with E-state index < -0.39 is 0 Å². The van der Waals surface area contributed by atoms with Crippen molar-refractivity contribution in [3.8, 4) is 11.5 Å². The molecule has 0 bridgehead atoms. The van der Waals surface area contributed by atoms with Crippen LogP contribution < -0.4 is 10.1 Å². The predicted molar refractivity (Wildman–Crippen MR) is 86.1 cm³/mol. The summed E-state index contributed by atoms with van der Waals surface area (Å²) in [5.41, 5.74) is 1.22. The van der Waals surface area contributed by atoms with Gasteiger partial charge in [-0.2, -0.15) is 0 Å². The van der Waals surface area contributed by atoms with Crippen LogP contribution in [0.15, 0.2) is 46.9 Å². The van der Waals surface area contributed by atoms with Gasteiger partial charge in [0.2, 0.25) is 0 Å². The molecule has 0 aliphatic carbocycles. The lowest BCUT2D eigenvalue weighted by Crippen LogP contribution is -2.04. The number of rotatable bonds is 4. The van der Waals surface area contributed by atoms with Crippen LogP contribution in [0.25, 0.3) is 0 Å². The number of benzene rings is 2. The Hall–Kier alpha value is -0.590. The molecule has 2 aromatic rings. The highest BCUT2D eigenvalue weighted by atomic mass is 127. The van der Waals surface area contributed by atoms with E-state index in [-0.39, 0.29) is 0 Å². The van der Waals surface area contributed by atoms with Crippen molar-refractivity contribution in [2.75, 3.05) is 7.05 Å². The Balaban J connectivity index is 2.16. The van der Waals surface area contributed by atoms with Gasteiger partial charge in [-0.1, -0.05) is 6.07 Å². The Bertz CT molecular complexity index is 528. The predicted octanol–water partition coefficient (Wildman–Crippen LogP) is 4.57. The van der Waals surface area contributed by atoms with Crippen LogP contribution in [0.1, 0.15) is 5.56 Å². The van der Waals surface area contributed by atoms with Crippen molar-refractivity contribution in [2.24, 2.45) is 0 Å². The van der Waals surface area contributed by atoms with Crippen LogP contribution >= 0.6 is 38.5 Å². The summed E-state index contributed by atoms with van der Waals surface area (Å²) in [7, 11) is 1.93. The molecule has 0 heterocycles. The summed E-state index contributed by atoms with van der Waals surface area (Å²) in [5, 5.41) is 3.12. The lowest BCUT2D eigenvalue weighted by Gasteiger charge is -2.09. The van der Waals surface area contributed by atoms with Gasteiger partial charge in [-0.3, -0.25) is 0 Å². The quantitative estimate of drug-likeness (QED) is 0.736. The van der Waals surface area contributed by atoms with Gasteiger partial charge in [0.25, 0.3) is 0 Å². The highest BCUT2D eigenvalue weighted by Crippen LogP contribution is 2.30. The smallest absolute Gasteiger partial charge is 0.141 e. The highest BCUT2D eigenvalue weighted by molar-refractivity contribution is 14.1. The molecule has 94 valence electrons. The van der Waals surface area contributed by atoms with Crippen molar-refractivity contribution in [3.63, 3.8) is 0 Å². The van der Waals surface area contributed by atoms with Crippen LogP contribution in [0.3, 0.4) is 0 Å². The molecule has 0 aromatic heterocycles. The highest BCUT2D eigenvalue weighted by Gasteiger charge is 2.04. The first-order valence-electron chi connectivity index (χ1n) is 5.55. The molecular formula is C14H13BrINO. The fourth-order valence-corrected chi connectivity index (χ4v) is 2.44. The minimum atomic E-state index is 0.830. The molecular weight excluding hydrogens is 405 g/mol. The molecule has 0 radical (unpaired) electrons. The Labute approximate surface area is 129 Å². The Morgan fingerprint density at radius 1 is 1.17 bits per heavy atom. The molecule has 0 saturated carbocycles. The normalized spacial score (nSPS) is 10.4. The van der Waals surface area contributed by atoms with E-state index in [0.29, 0.717) is 0 Å². The van der Waals surface area contributed by atoms with Gasteiger partial charge in [-0.25, -0.2) is 0 Å². The van der Waals surface area contributed by atoms with Crippen molar-refractivity contribution in [2.45, 2.75) is 6.54 Å². The molecule has 0 unspecified atom stereocenters. The SMILES string of the molecule is CNCc1ccc(Oc2ccc(I)cc2)c(Br)c1. The van der Waals surface area contributed by atoms with Gasteiger partial charge < -0.3 is 10.1 Å². The number of ether oxygens (including phenoxy) is 1. The fraction of sp³-hybridized carbons (Fsp3) is 0.143. The summed E-state index contributed by atoms with van der Waals surface area (Å²) in [6.07, 6.45) is 0. The first kappa shape index (κ1) is 13.8. The summed E-state index contributed by atoms with van der Waals surface area (Å²) in [6, 6.07) is 14.1. The van der Waals surface area contributed by atoms with Crippen molar-refractivity contribution < 1.29 is 4.74 Å². The first-order chi connectivity index (χ1) is 8.69. The van der Waals surface area contributed by atoms with Gasteiger partial charge in [-0.05, 0) is 87.5 Å². The molecule has 0 saturated heterocycles. The zero-order valence-electron chi connectivity index (χ0n) is 9.91. The van der Waals surface area contributed by atoms with Gasteiger partial charge >= 0.3 is 0 Å². The maximum absolute atomic E-state index is 5.83. The second kappa shape index (κ2) is 6.54. The number of halogens is 2. The fourth-order valence-electron chi connectivity index (χ4n) is 1.57. The molecule has 4 heteroatoms. The minimum Gasteiger partial charge on any atom is -0.456 e. The maximum atomic E-state index is 5.83. The van der Waals surface area contributed by atoms with Crippen LogP contribution in [0, 0.1) is 3.57 Å². The second-order valence-corrected chi connectivity index (χ2v) is 5.95. The van der Waals surface area contributed by atoms with E-state index in [1.54, 1.807) is 0 Å². The van der Waals surface area contributed by atoms with E-state index in [4.69, 9.17) is 4.74 Å². The number of hydrogen-bond acceptors (Lipinski definition) is 2. The summed E-state index contributed by atoms with van der Waals surface area (Å²) >= 11 is 5.81. The third-order valence-electron chi connectivity index (χ3n) is 2.42. The number of hydrogen-bond donors (Lipinski definition) is 1. The van der Waals surface area contributed by atoms with Gasteiger partial charge in [0, 0.05) is 10.1 Å².